The van der Waals surface area contributed by atoms with Gasteiger partial charge in [0.15, 0.2) is 0 Å². The van der Waals surface area contributed by atoms with E-state index in [1.807, 2.05) is 36.1 Å². The molecule has 1 aliphatic heterocycles. The quantitative estimate of drug-likeness (QED) is 0.869. The minimum absolute atomic E-state index is 0.119. The number of hydrogen-bond donors (Lipinski definition) is 1. The number of aliphatic hydroxyl groups excluding tert-OH is 1. The highest BCUT2D eigenvalue weighted by Crippen LogP contribution is 2.40. The molecule has 0 saturated heterocycles. The third-order valence-electron chi connectivity index (χ3n) is 4.20. The first-order valence-electron chi connectivity index (χ1n) is 6.77. The van der Waals surface area contributed by atoms with E-state index in [2.05, 4.69) is 0 Å². The van der Waals surface area contributed by atoms with Gasteiger partial charge in [0.05, 0.1) is 6.10 Å². The van der Waals surface area contributed by atoms with E-state index < -0.39 is 6.10 Å². The first-order chi connectivity index (χ1) is 8.68. The molecule has 96 valence electrons. The Morgan fingerprint density at radius 3 is 2.78 bits per heavy atom. The number of amides is 1. The summed E-state index contributed by atoms with van der Waals surface area (Å²) in [6.45, 7) is 2.67. The van der Waals surface area contributed by atoms with Crippen LogP contribution in [-0.4, -0.2) is 17.6 Å². The van der Waals surface area contributed by atoms with Crippen LogP contribution in [0, 0.1) is 11.8 Å². The Kier molecular flexibility index (Phi) is 2.86. The smallest absolute Gasteiger partial charge is 0.230 e. The summed E-state index contributed by atoms with van der Waals surface area (Å²) >= 11 is 0. The van der Waals surface area contributed by atoms with Gasteiger partial charge in [0.1, 0.15) is 0 Å². The Bertz CT molecular complexity index is 467. The zero-order chi connectivity index (χ0) is 12.7. The van der Waals surface area contributed by atoms with Crippen molar-refractivity contribution in [2.24, 2.45) is 11.8 Å². The van der Waals surface area contributed by atoms with Gasteiger partial charge in [-0.3, -0.25) is 4.79 Å². The maximum absolute atomic E-state index is 12.5. The van der Waals surface area contributed by atoms with Crippen LogP contribution in [0.3, 0.4) is 0 Å². The van der Waals surface area contributed by atoms with Crippen LogP contribution in [0.25, 0.3) is 0 Å². The molecule has 1 saturated carbocycles. The summed E-state index contributed by atoms with van der Waals surface area (Å²) in [5, 5.41) is 9.98. The number of para-hydroxylation sites is 1. The summed E-state index contributed by atoms with van der Waals surface area (Å²) in [6, 6.07) is 7.70. The highest BCUT2D eigenvalue weighted by molar-refractivity contribution is 5.96. The van der Waals surface area contributed by atoms with Crippen molar-refractivity contribution in [2.75, 3.05) is 11.4 Å². The molecule has 1 aromatic carbocycles. The van der Waals surface area contributed by atoms with Gasteiger partial charge in [0.2, 0.25) is 5.91 Å². The third kappa shape index (κ3) is 1.93. The molecule has 2 aliphatic rings. The molecule has 2 atom stereocenters. The lowest BCUT2D eigenvalue weighted by atomic mass is 9.96. The third-order valence-corrected chi connectivity index (χ3v) is 4.20. The zero-order valence-electron chi connectivity index (χ0n) is 10.7. The van der Waals surface area contributed by atoms with Crippen LogP contribution in [0.4, 0.5) is 5.69 Å². The molecule has 1 N–H and O–H groups in total. The van der Waals surface area contributed by atoms with Gasteiger partial charge in [0, 0.05) is 23.7 Å². The highest BCUT2D eigenvalue weighted by Gasteiger charge is 2.37. The highest BCUT2D eigenvalue weighted by atomic mass is 16.3. The van der Waals surface area contributed by atoms with E-state index in [-0.39, 0.29) is 11.8 Å². The van der Waals surface area contributed by atoms with Crippen LogP contribution in [-0.2, 0) is 4.79 Å². The molecule has 0 radical (unpaired) electrons. The molecule has 3 heteroatoms. The number of benzene rings is 1. The lowest BCUT2D eigenvalue weighted by Crippen LogP contribution is -2.40. The van der Waals surface area contributed by atoms with Crippen molar-refractivity contribution in [3.05, 3.63) is 29.8 Å². The Morgan fingerprint density at radius 2 is 2.06 bits per heavy atom. The largest absolute Gasteiger partial charge is 0.388 e. The molecular formula is C15H19NO2. The standard InChI is InChI=1S/C15H19NO2/c1-10(11-6-7-11)15(18)16-9-8-14(17)12-4-2-3-5-13(12)16/h2-5,10-11,14,17H,6-9H2,1H3. The van der Waals surface area contributed by atoms with Crippen molar-refractivity contribution in [3.63, 3.8) is 0 Å². The summed E-state index contributed by atoms with van der Waals surface area (Å²) in [5.41, 5.74) is 1.79. The SMILES string of the molecule is CC(C(=O)N1CCC(O)c2ccccc21)C1CC1. The van der Waals surface area contributed by atoms with Gasteiger partial charge in [-0.25, -0.2) is 0 Å². The number of anilines is 1. The number of aliphatic hydroxyl groups is 1. The van der Waals surface area contributed by atoms with Gasteiger partial charge in [-0.1, -0.05) is 25.1 Å². The first-order valence-corrected chi connectivity index (χ1v) is 6.77. The number of hydrogen-bond acceptors (Lipinski definition) is 2. The minimum atomic E-state index is -0.429. The van der Waals surface area contributed by atoms with Crippen LogP contribution in [0.5, 0.6) is 0 Å². The lowest BCUT2D eigenvalue weighted by molar-refractivity contribution is -0.122. The van der Waals surface area contributed by atoms with Crippen molar-refractivity contribution in [3.8, 4) is 0 Å². The molecule has 1 aromatic rings. The molecule has 1 heterocycles. The lowest BCUT2D eigenvalue weighted by Gasteiger charge is -2.33. The Morgan fingerprint density at radius 1 is 1.33 bits per heavy atom. The number of fused-ring (bicyclic) bond motifs is 1. The summed E-state index contributed by atoms with van der Waals surface area (Å²) in [6.07, 6.45) is 2.58. The van der Waals surface area contributed by atoms with Gasteiger partial charge in [-0.05, 0) is 31.2 Å². The molecule has 1 aliphatic carbocycles. The van der Waals surface area contributed by atoms with E-state index in [4.69, 9.17) is 0 Å². The van der Waals surface area contributed by atoms with Gasteiger partial charge < -0.3 is 10.0 Å². The number of nitrogens with zero attached hydrogens (tertiary/aromatic N) is 1. The second-order valence-corrected chi connectivity index (χ2v) is 5.48. The molecule has 2 unspecified atom stereocenters. The van der Waals surface area contributed by atoms with Crippen LogP contribution in [0.1, 0.15) is 37.9 Å². The summed E-state index contributed by atoms with van der Waals surface area (Å²) in [7, 11) is 0. The predicted octanol–water partition coefficient (Wildman–Crippen LogP) is 2.50. The van der Waals surface area contributed by atoms with Crippen molar-refractivity contribution in [1.82, 2.24) is 0 Å². The Hall–Kier alpha value is -1.35. The second-order valence-electron chi connectivity index (χ2n) is 5.48. The van der Waals surface area contributed by atoms with Crippen LogP contribution >= 0.6 is 0 Å². The maximum Gasteiger partial charge on any atom is 0.230 e. The van der Waals surface area contributed by atoms with Gasteiger partial charge in [-0.2, -0.15) is 0 Å². The van der Waals surface area contributed by atoms with Crippen molar-refractivity contribution in [1.29, 1.82) is 0 Å². The molecule has 0 spiro atoms. The van der Waals surface area contributed by atoms with Crippen LogP contribution in [0.2, 0.25) is 0 Å². The second kappa shape index (κ2) is 4.39. The number of carbonyl (C=O) groups is 1. The Labute approximate surface area is 107 Å². The van der Waals surface area contributed by atoms with E-state index in [0.29, 0.717) is 18.9 Å². The van der Waals surface area contributed by atoms with Gasteiger partial charge >= 0.3 is 0 Å². The van der Waals surface area contributed by atoms with Crippen molar-refractivity contribution >= 4 is 11.6 Å². The molecule has 18 heavy (non-hydrogen) atoms. The Balaban J connectivity index is 1.89. The van der Waals surface area contributed by atoms with Crippen molar-refractivity contribution < 1.29 is 9.90 Å². The van der Waals surface area contributed by atoms with Crippen molar-refractivity contribution in [2.45, 2.75) is 32.3 Å². The fraction of sp³-hybridized carbons (Fsp3) is 0.533. The molecule has 1 fully saturated rings. The molecule has 0 aromatic heterocycles. The molecular weight excluding hydrogens is 226 g/mol. The normalized spacial score (nSPS) is 24.6. The minimum Gasteiger partial charge on any atom is -0.388 e. The average Bonchev–Trinajstić information content (AvgIpc) is 3.22. The summed E-state index contributed by atoms with van der Waals surface area (Å²) < 4.78 is 0. The number of rotatable bonds is 2. The predicted molar refractivity (Wildman–Crippen MR) is 70.3 cm³/mol. The van der Waals surface area contributed by atoms with Gasteiger partial charge in [-0.15, -0.1) is 0 Å². The number of carbonyl (C=O) groups excluding carboxylic acids is 1. The van der Waals surface area contributed by atoms with E-state index in [1.165, 1.54) is 12.8 Å². The van der Waals surface area contributed by atoms with Gasteiger partial charge in [0.25, 0.3) is 0 Å². The molecule has 0 bridgehead atoms. The van der Waals surface area contributed by atoms with E-state index in [0.717, 1.165) is 11.3 Å². The topological polar surface area (TPSA) is 40.5 Å². The average molecular weight is 245 g/mol. The van der Waals surface area contributed by atoms with Crippen LogP contribution in [0.15, 0.2) is 24.3 Å². The summed E-state index contributed by atoms with van der Waals surface area (Å²) in [4.78, 5) is 14.4. The maximum atomic E-state index is 12.5. The summed E-state index contributed by atoms with van der Waals surface area (Å²) in [5.74, 6) is 0.918. The van der Waals surface area contributed by atoms with E-state index in [9.17, 15) is 9.90 Å². The molecule has 3 rings (SSSR count). The fourth-order valence-corrected chi connectivity index (χ4v) is 2.82. The van der Waals surface area contributed by atoms with E-state index >= 15 is 0 Å². The zero-order valence-corrected chi connectivity index (χ0v) is 10.7. The molecule has 3 nitrogen and oxygen atoms in total. The molecule has 1 amide bonds. The first kappa shape index (κ1) is 11.7. The van der Waals surface area contributed by atoms with Crippen LogP contribution < -0.4 is 4.90 Å². The van der Waals surface area contributed by atoms with E-state index in [1.54, 1.807) is 0 Å². The fourth-order valence-electron chi connectivity index (χ4n) is 2.82. The monoisotopic (exact) mass is 245 g/mol.